The lowest BCUT2D eigenvalue weighted by atomic mass is 9.78. The molecule has 0 aromatic heterocycles. The lowest BCUT2D eigenvalue weighted by Crippen LogP contribution is -2.61. The van der Waals surface area contributed by atoms with E-state index < -0.39 is 0 Å². The topological polar surface area (TPSA) is 62.0 Å². The molecule has 3 saturated heterocycles. The number of ether oxygens (including phenoxy) is 1. The SMILES string of the molecule is CCCC(N)C1N(CC2CCCCC2)COC12CCN(C1CCN(C(=O)c3c(C)cccc3C)CC1)CC2. The van der Waals surface area contributed by atoms with Gasteiger partial charge in [-0.1, -0.05) is 50.8 Å². The van der Waals surface area contributed by atoms with Crippen molar-refractivity contribution < 1.29 is 9.53 Å². The summed E-state index contributed by atoms with van der Waals surface area (Å²) in [6.07, 6.45) is 13.4. The third-order valence-electron chi connectivity index (χ3n) is 10.3. The Balaban J connectivity index is 1.17. The molecule has 2 N–H and O–H groups in total. The third kappa shape index (κ3) is 5.84. The van der Waals surface area contributed by atoms with Crippen molar-refractivity contribution in [3.05, 3.63) is 34.9 Å². The van der Waals surface area contributed by atoms with E-state index in [4.69, 9.17) is 10.5 Å². The standard InChI is InChI=1S/C32H52N4O2/c1-4-9-28(33)30-32(38-23-36(30)22-26-12-6-5-7-13-26)16-20-34(21-17-32)27-14-18-35(19-15-27)31(37)29-24(2)10-8-11-25(29)3/h8,10-11,26-28,30H,4-7,9,12-23,33H2,1-3H3. The van der Waals surface area contributed by atoms with Crippen LogP contribution in [0.4, 0.5) is 0 Å². The summed E-state index contributed by atoms with van der Waals surface area (Å²) in [5.74, 6) is 1.03. The van der Waals surface area contributed by atoms with Crippen molar-refractivity contribution in [2.75, 3.05) is 39.5 Å². The molecule has 212 valence electrons. The van der Waals surface area contributed by atoms with Gasteiger partial charge >= 0.3 is 0 Å². The Kier molecular flexibility index (Phi) is 9.14. The highest BCUT2D eigenvalue weighted by molar-refractivity contribution is 5.97. The van der Waals surface area contributed by atoms with Crippen molar-refractivity contribution >= 4 is 5.91 Å². The normalized spacial score (nSPS) is 26.7. The van der Waals surface area contributed by atoms with Crippen molar-refractivity contribution in [1.29, 1.82) is 0 Å². The summed E-state index contributed by atoms with van der Waals surface area (Å²) in [5, 5.41) is 0. The summed E-state index contributed by atoms with van der Waals surface area (Å²) in [6, 6.07) is 7.26. The highest BCUT2D eigenvalue weighted by Gasteiger charge is 2.53. The maximum Gasteiger partial charge on any atom is 0.254 e. The molecule has 3 heterocycles. The number of benzene rings is 1. The predicted octanol–water partition coefficient (Wildman–Crippen LogP) is 5.11. The molecule has 4 aliphatic rings. The molecule has 6 nitrogen and oxygen atoms in total. The summed E-state index contributed by atoms with van der Waals surface area (Å²) in [7, 11) is 0. The summed E-state index contributed by atoms with van der Waals surface area (Å²) >= 11 is 0. The molecule has 2 atom stereocenters. The van der Waals surface area contributed by atoms with Crippen LogP contribution >= 0.6 is 0 Å². The molecule has 4 fully saturated rings. The van der Waals surface area contributed by atoms with Gasteiger partial charge < -0.3 is 20.3 Å². The number of rotatable bonds is 7. The third-order valence-corrected chi connectivity index (χ3v) is 10.3. The zero-order valence-electron chi connectivity index (χ0n) is 24.3. The van der Waals surface area contributed by atoms with Gasteiger partial charge in [0.15, 0.2) is 0 Å². The number of amides is 1. The van der Waals surface area contributed by atoms with Gasteiger partial charge in [0.25, 0.3) is 5.91 Å². The van der Waals surface area contributed by atoms with Crippen molar-refractivity contribution in [3.63, 3.8) is 0 Å². The van der Waals surface area contributed by atoms with Crippen LogP contribution in [-0.4, -0.2) is 83.8 Å². The maximum absolute atomic E-state index is 13.3. The molecule has 38 heavy (non-hydrogen) atoms. The van der Waals surface area contributed by atoms with Gasteiger partial charge in [0, 0.05) is 50.4 Å². The fourth-order valence-corrected chi connectivity index (χ4v) is 8.18. The van der Waals surface area contributed by atoms with E-state index >= 15 is 0 Å². The zero-order chi connectivity index (χ0) is 26.7. The van der Waals surface area contributed by atoms with Crippen LogP contribution in [0, 0.1) is 19.8 Å². The average Bonchev–Trinajstić information content (AvgIpc) is 3.26. The molecule has 1 aromatic rings. The van der Waals surface area contributed by atoms with Gasteiger partial charge in [-0.15, -0.1) is 0 Å². The zero-order valence-corrected chi connectivity index (χ0v) is 24.3. The average molecular weight is 525 g/mol. The number of piperidine rings is 2. The molecule has 0 bridgehead atoms. The van der Waals surface area contributed by atoms with Gasteiger partial charge in [0.2, 0.25) is 0 Å². The van der Waals surface area contributed by atoms with Crippen molar-refractivity contribution in [2.24, 2.45) is 11.7 Å². The second-order valence-electron chi connectivity index (χ2n) is 12.8. The van der Waals surface area contributed by atoms with E-state index in [2.05, 4.69) is 47.6 Å². The minimum absolute atomic E-state index is 0.0845. The van der Waals surface area contributed by atoms with Crippen LogP contribution in [0.1, 0.15) is 99.0 Å². The molecular formula is C32H52N4O2. The van der Waals surface area contributed by atoms with Crippen LogP contribution in [0.15, 0.2) is 18.2 Å². The summed E-state index contributed by atoms with van der Waals surface area (Å²) in [5.41, 5.74) is 9.90. The first-order valence-electron chi connectivity index (χ1n) is 15.6. The Hall–Kier alpha value is -1.47. The molecule has 1 amide bonds. The van der Waals surface area contributed by atoms with Crippen LogP contribution in [0.25, 0.3) is 0 Å². The number of likely N-dealkylation sites (tertiary alicyclic amines) is 2. The van der Waals surface area contributed by atoms with E-state index in [1.54, 1.807) is 0 Å². The van der Waals surface area contributed by atoms with Crippen LogP contribution in [0.3, 0.4) is 0 Å². The molecule has 1 aliphatic carbocycles. The molecule has 6 heteroatoms. The van der Waals surface area contributed by atoms with Gasteiger partial charge in [0.1, 0.15) is 6.73 Å². The van der Waals surface area contributed by atoms with Gasteiger partial charge in [-0.3, -0.25) is 9.69 Å². The molecular weight excluding hydrogens is 472 g/mol. The molecule has 1 aromatic carbocycles. The fraction of sp³-hybridized carbons (Fsp3) is 0.781. The van der Waals surface area contributed by atoms with Crippen LogP contribution < -0.4 is 5.73 Å². The minimum atomic E-state index is -0.0845. The summed E-state index contributed by atoms with van der Waals surface area (Å²) in [6.45, 7) is 12.2. The number of hydrogen-bond donors (Lipinski definition) is 1. The minimum Gasteiger partial charge on any atom is -0.358 e. The van der Waals surface area contributed by atoms with Crippen LogP contribution in [0.5, 0.6) is 0 Å². The Labute approximate surface area is 231 Å². The largest absolute Gasteiger partial charge is 0.358 e. The maximum atomic E-state index is 13.3. The Morgan fingerprint density at radius 2 is 1.68 bits per heavy atom. The molecule has 2 unspecified atom stereocenters. The van der Waals surface area contributed by atoms with E-state index in [9.17, 15) is 4.79 Å². The van der Waals surface area contributed by atoms with Gasteiger partial charge in [-0.25, -0.2) is 0 Å². The van der Waals surface area contributed by atoms with Crippen molar-refractivity contribution in [2.45, 2.75) is 115 Å². The lowest BCUT2D eigenvalue weighted by Gasteiger charge is -2.48. The second kappa shape index (κ2) is 12.4. The Morgan fingerprint density at radius 3 is 2.32 bits per heavy atom. The van der Waals surface area contributed by atoms with Crippen molar-refractivity contribution in [1.82, 2.24) is 14.7 Å². The monoisotopic (exact) mass is 524 g/mol. The second-order valence-corrected chi connectivity index (χ2v) is 12.8. The first kappa shape index (κ1) is 28.1. The van der Waals surface area contributed by atoms with Crippen LogP contribution in [0.2, 0.25) is 0 Å². The van der Waals surface area contributed by atoms with E-state index in [1.807, 2.05) is 6.07 Å². The first-order chi connectivity index (χ1) is 18.4. The highest BCUT2D eigenvalue weighted by atomic mass is 16.5. The van der Waals surface area contributed by atoms with E-state index in [0.717, 1.165) is 94.0 Å². The van der Waals surface area contributed by atoms with Gasteiger partial charge in [-0.2, -0.15) is 0 Å². The molecule has 1 spiro atoms. The Morgan fingerprint density at radius 1 is 1.03 bits per heavy atom. The van der Waals surface area contributed by atoms with Crippen LogP contribution in [-0.2, 0) is 4.74 Å². The summed E-state index contributed by atoms with van der Waals surface area (Å²) in [4.78, 5) is 20.7. The van der Waals surface area contributed by atoms with E-state index in [1.165, 1.54) is 38.6 Å². The summed E-state index contributed by atoms with van der Waals surface area (Å²) < 4.78 is 6.74. The smallest absolute Gasteiger partial charge is 0.254 e. The number of nitrogens with two attached hydrogens (primary N) is 1. The lowest BCUT2D eigenvalue weighted by molar-refractivity contribution is -0.0653. The number of hydrogen-bond acceptors (Lipinski definition) is 5. The number of nitrogens with zero attached hydrogens (tertiary/aromatic N) is 3. The Bertz CT molecular complexity index is 909. The van der Waals surface area contributed by atoms with E-state index in [-0.39, 0.29) is 17.6 Å². The van der Waals surface area contributed by atoms with Gasteiger partial charge in [-0.05, 0) is 75.8 Å². The predicted molar refractivity (Wildman–Crippen MR) is 154 cm³/mol. The molecule has 3 aliphatic heterocycles. The molecule has 5 rings (SSSR count). The molecule has 1 saturated carbocycles. The first-order valence-corrected chi connectivity index (χ1v) is 15.6. The number of carbonyl (C=O) groups is 1. The van der Waals surface area contributed by atoms with Gasteiger partial charge in [0.05, 0.1) is 11.6 Å². The number of aryl methyl sites for hydroxylation is 2. The quantitative estimate of drug-likeness (QED) is 0.537. The highest BCUT2D eigenvalue weighted by Crippen LogP contribution is 2.41. The van der Waals surface area contributed by atoms with Crippen molar-refractivity contribution in [3.8, 4) is 0 Å². The number of carbonyl (C=O) groups excluding carboxylic acids is 1. The van der Waals surface area contributed by atoms with E-state index in [0.29, 0.717) is 12.1 Å². The molecule has 0 radical (unpaired) electrons. The fourth-order valence-electron chi connectivity index (χ4n) is 8.18.